The number of halogens is 3. The summed E-state index contributed by atoms with van der Waals surface area (Å²) >= 11 is 5.58. The van der Waals surface area contributed by atoms with Crippen LogP contribution < -0.4 is 14.2 Å². The molecular weight excluding hydrogens is 527 g/mol. The fraction of sp³-hybridized carbons (Fsp3) is 0.250. The van der Waals surface area contributed by atoms with Crippen LogP contribution in [0.3, 0.4) is 0 Å². The van der Waals surface area contributed by atoms with Gasteiger partial charge >= 0.3 is 153 Å². The van der Waals surface area contributed by atoms with Crippen molar-refractivity contribution in [2.45, 2.75) is 5.33 Å². The molecule has 120 valence electrons. The van der Waals surface area contributed by atoms with E-state index in [2.05, 4.69) is 52.9 Å². The van der Waals surface area contributed by atoms with Gasteiger partial charge in [-0.3, -0.25) is 0 Å². The van der Waals surface area contributed by atoms with Gasteiger partial charge in [-0.1, -0.05) is 0 Å². The number of ether oxygens (including phenoxy) is 3. The van der Waals surface area contributed by atoms with E-state index in [4.69, 9.17) is 14.2 Å². The molecule has 0 aliphatic heterocycles. The van der Waals surface area contributed by atoms with E-state index >= 15 is 0 Å². The Kier molecular flexibility index (Phi) is 6.83. The Morgan fingerprint density at radius 1 is 0.909 bits per heavy atom. The fourth-order valence-corrected chi connectivity index (χ4v) is 8.91. The van der Waals surface area contributed by atoms with E-state index in [1.165, 1.54) is 9.13 Å². The molecule has 0 aromatic heterocycles. The van der Waals surface area contributed by atoms with Gasteiger partial charge in [0.05, 0.1) is 0 Å². The quantitative estimate of drug-likeness (QED) is 0.358. The summed E-state index contributed by atoms with van der Waals surface area (Å²) in [6, 6.07) is 12.4. The minimum absolute atomic E-state index is 0.726. The zero-order chi connectivity index (χ0) is 16.1. The van der Waals surface area contributed by atoms with E-state index in [0.717, 1.165) is 26.1 Å². The zero-order valence-electron chi connectivity index (χ0n) is 12.5. The number of alkyl halides is 1. The molecule has 0 unspecified atom stereocenters. The second-order valence-corrected chi connectivity index (χ2v) is 12.6. The number of rotatable bonds is 6. The van der Waals surface area contributed by atoms with Gasteiger partial charge in [-0.2, -0.15) is 0 Å². The number of hydrogen-bond donors (Lipinski definition) is 0. The molecule has 22 heavy (non-hydrogen) atoms. The van der Waals surface area contributed by atoms with Crippen LogP contribution in [-0.2, 0) is 5.33 Å². The minimum atomic E-state index is -1.81. The first-order chi connectivity index (χ1) is 10.6. The second-order valence-electron chi connectivity index (χ2n) is 4.34. The third-order valence-corrected chi connectivity index (χ3v) is 11.9. The van der Waals surface area contributed by atoms with Crippen LogP contribution >= 0.6 is 46.2 Å². The van der Waals surface area contributed by atoms with Crippen molar-refractivity contribution in [2.75, 3.05) is 21.3 Å². The first-order valence-corrected chi connectivity index (χ1v) is 14.6. The van der Waals surface area contributed by atoms with Crippen LogP contribution in [0.5, 0.6) is 17.2 Å². The average molecular weight is 544 g/mol. The summed E-state index contributed by atoms with van der Waals surface area (Å²) in [6.45, 7) is 0. The third kappa shape index (κ3) is 3.89. The Labute approximate surface area is 152 Å². The molecule has 0 atom stereocenters. The Morgan fingerprint density at radius 3 is 1.86 bits per heavy atom. The summed E-state index contributed by atoms with van der Waals surface area (Å²) in [6.07, 6.45) is 0. The van der Waals surface area contributed by atoms with E-state index in [1.807, 2.05) is 12.1 Å². The van der Waals surface area contributed by atoms with Crippen LogP contribution in [0.25, 0.3) is 0 Å². The third-order valence-electron chi connectivity index (χ3n) is 3.08. The molecule has 0 saturated heterocycles. The van der Waals surface area contributed by atoms with Crippen molar-refractivity contribution in [1.29, 1.82) is 0 Å². The van der Waals surface area contributed by atoms with Crippen molar-refractivity contribution in [2.24, 2.45) is 0 Å². The summed E-state index contributed by atoms with van der Waals surface area (Å²) in [4.78, 5) is 0. The molecule has 0 spiro atoms. The first-order valence-electron chi connectivity index (χ1n) is 6.45. The predicted octanol–water partition coefficient (Wildman–Crippen LogP) is 5.46. The number of methoxy groups -OCH3 is 3. The number of hydrogen-bond acceptors (Lipinski definition) is 3. The average Bonchev–Trinajstić information content (AvgIpc) is 2.59. The summed E-state index contributed by atoms with van der Waals surface area (Å²) in [5.41, 5.74) is 1.26. The molecule has 0 fully saturated rings. The van der Waals surface area contributed by atoms with E-state index < -0.39 is 17.6 Å². The Balaban J connectivity index is 2.48. The van der Waals surface area contributed by atoms with Gasteiger partial charge in [0, 0.05) is 0 Å². The molecule has 0 N–H and O–H groups in total. The molecule has 0 saturated carbocycles. The molecule has 0 heterocycles. The van der Waals surface area contributed by atoms with Crippen molar-refractivity contribution in [3.05, 3.63) is 49.1 Å². The van der Waals surface area contributed by atoms with Gasteiger partial charge in [-0.15, -0.1) is 0 Å². The summed E-state index contributed by atoms with van der Waals surface area (Å²) in [7, 11) is 4.97. The van der Waals surface area contributed by atoms with Gasteiger partial charge in [0.25, 0.3) is 0 Å². The van der Waals surface area contributed by atoms with Crippen molar-refractivity contribution in [3.8, 4) is 17.2 Å². The first kappa shape index (κ1) is 17.9. The Morgan fingerprint density at radius 2 is 1.45 bits per heavy atom. The van der Waals surface area contributed by atoms with Crippen molar-refractivity contribution in [1.82, 2.24) is 0 Å². The topological polar surface area (TPSA) is 27.7 Å². The van der Waals surface area contributed by atoms with E-state index in [0.29, 0.717) is 0 Å². The van der Waals surface area contributed by atoms with Crippen molar-refractivity contribution < 1.29 is 14.2 Å². The molecular formula is C16H17Br2IO3. The Bertz CT molecular complexity index is 607. The van der Waals surface area contributed by atoms with Gasteiger partial charge in [-0.05, 0) is 0 Å². The molecule has 3 nitrogen and oxygen atoms in total. The van der Waals surface area contributed by atoms with Crippen LogP contribution in [0.2, 0.25) is 0 Å². The van der Waals surface area contributed by atoms with Crippen molar-refractivity contribution in [3.63, 3.8) is 0 Å². The van der Waals surface area contributed by atoms with Crippen molar-refractivity contribution >= 4 is 46.2 Å². The van der Waals surface area contributed by atoms with Crippen LogP contribution in [0.1, 0.15) is 5.56 Å². The standard InChI is InChI=1S/C16H17Br2IO3/c1-20-13-8-14(21-2)16(15(9-13)22-3)19(18)12-6-4-11(10-17)5-7-12/h4-9H,10H2,1-3H3. The fourth-order valence-electron chi connectivity index (χ4n) is 1.92. The van der Waals surface area contributed by atoms with Gasteiger partial charge in [-0.25, -0.2) is 0 Å². The molecule has 0 bridgehead atoms. The molecule has 0 radical (unpaired) electrons. The van der Waals surface area contributed by atoms with Crippen LogP contribution in [0.15, 0.2) is 36.4 Å². The van der Waals surface area contributed by atoms with Gasteiger partial charge < -0.3 is 0 Å². The van der Waals surface area contributed by atoms with E-state index in [9.17, 15) is 0 Å². The Hall–Kier alpha value is -0.470. The molecule has 6 heteroatoms. The molecule has 2 rings (SSSR count). The molecule has 0 aliphatic rings. The predicted molar refractivity (Wildman–Crippen MR) is 106 cm³/mol. The summed E-state index contributed by atoms with van der Waals surface area (Å²) in [5, 5.41) is 0.860. The maximum atomic E-state index is 5.56. The van der Waals surface area contributed by atoms with Crippen LogP contribution in [0, 0.1) is 7.14 Å². The van der Waals surface area contributed by atoms with E-state index in [-0.39, 0.29) is 0 Å². The maximum absolute atomic E-state index is 5.56. The molecule has 0 amide bonds. The van der Waals surface area contributed by atoms with E-state index in [1.54, 1.807) is 21.3 Å². The van der Waals surface area contributed by atoms with Gasteiger partial charge in [0.2, 0.25) is 0 Å². The molecule has 2 aromatic carbocycles. The molecule has 0 aliphatic carbocycles. The zero-order valence-corrected chi connectivity index (χ0v) is 17.9. The normalized spacial score (nSPS) is 11.0. The van der Waals surface area contributed by atoms with Crippen LogP contribution in [-0.4, -0.2) is 21.3 Å². The monoisotopic (exact) mass is 542 g/mol. The SMILES string of the molecule is COc1cc(OC)c(I(Br)c2ccc(CBr)cc2)c(OC)c1. The summed E-state index contributed by atoms with van der Waals surface area (Å²) in [5.74, 6) is 2.31. The number of benzene rings is 2. The molecule has 2 aromatic rings. The van der Waals surface area contributed by atoms with Gasteiger partial charge in [0.1, 0.15) is 0 Å². The second kappa shape index (κ2) is 8.40. The van der Waals surface area contributed by atoms with Crippen LogP contribution in [0.4, 0.5) is 0 Å². The summed E-state index contributed by atoms with van der Waals surface area (Å²) < 4.78 is 18.8. The van der Waals surface area contributed by atoms with Gasteiger partial charge in [0.15, 0.2) is 0 Å².